The third-order valence-electron chi connectivity index (χ3n) is 6.92. The van der Waals surface area contributed by atoms with Crippen LogP contribution in [0.2, 0.25) is 0 Å². The van der Waals surface area contributed by atoms with Gasteiger partial charge in [0.25, 0.3) is 0 Å². The largest absolute Gasteiger partial charge is 0.459 e. The Morgan fingerprint density at radius 3 is 1.82 bits per heavy atom. The van der Waals surface area contributed by atoms with Crippen molar-refractivity contribution >= 4 is 40.7 Å². The number of carbonyl (C=O) groups is 3. The zero-order valence-electron chi connectivity index (χ0n) is 23.1. The zero-order valence-corrected chi connectivity index (χ0v) is 23.1. The van der Waals surface area contributed by atoms with Crippen LogP contribution < -0.4 is 11.5 Å². The number of aromatic nitrogens is 4. The third kappa shape index (κ3) is 5.76. The van der Waals surface area contributed by atoms with Crippen LogP contribution in [0, 0.1) is 0 Å². The fourth-order valence-corrected chi connectivity index (χ4v) is 4.81. The van der Waals surface area contributed by atoms with Gasteiger partial charge in [-0.3, -0.25) is 0 Å². The van der Waals surface area contributed by atoms with Gasteiger partial charge in [0, 0.05) is 0 Å². The van der Waals surface area contributed by atoms with Gasteiger partial charge in [0.1, 0.15) is 18.5 Å². The van der Waals surface area contributed by atoms with Crippen LogP contribution >= 0.6 is 0 Å². The molecule has 3 aromatic carbocycles. The molecular formula is C31H26N6O7. The number of anilines is 2. The molecule has 1 fully saturated rings. The van der Waals surface area contributed by atoms with Crippen LogP contribution in [0.15, 0.2) is 97.2 Å². The molecule has 1 saturated heterocycles. The van der Waals surface area contributed by atoms with Crippen molar-refractivity contribution < 1.29 is 33.3 Å². The van der Waals surface area contributed by atoms with Gasteiger partial charge in [-0.1, -0.05) is 54.6 Å². The number of hydrogen-bond donors (Lipinski definition) is 2. The molecule has 4 N–H and O–H groups in total. The van der Waals surface area contributed by atoms with E-state index in [2.05, 4.69) is 15.1 Å². The molecule has 6 rings (SSSR count). The van der Waals surface area contributed by atoms with Crippen molar-refractivity contribution in [1.82, 2.24) is 19.7 Å². The van der Waals surface area contributed by atoms with Gasteiger partial charge < -0.3 is 30.4 Å². The van der Waals surface area contributed by atoms with Crippen LogP contribution in [0.4, 0.5) is 11.8 Å². The minimum absolute atomic E-state index is 0.0787. The van der Waals surface area contributed by atoms with Gasteiger partial charge >= 0.3 is 17.9 Å². The number of hydrogen-bond acceptors (Lipinski definition) is 12. The van der Waals surface area contributed by atoms with Crippen molar-refractivity contribution in [2.45, 2.75) is 24.5 Å². The summed E-state index contributed by atoms with van der Waals surface area (Å²) in [4.78, 5) is 47.7. The van der Waals surface area contributed by atoms with E-state index >= 15 is 0 Å². The van der Waals surface area contributed by atoms with Crippen LogP contribution in [0.25, 0.3) is 11.0 Å². The molecule has 0 saturated carbocycles. The summed E-state index contributed by atoms with van der Waals surface area (Å²) in [5, 5.41) is 4.74. The van der Waals surface area contributed by atoms with Crippen molar-refractivity contribution in [1.29, 1.82) is 0 Å². The molecule has 0 unspecified atom stereocenters. The molecule has 44 heavy (non-hydrogen) atoms. The Labute approximate surface area is 250 Å². The highest BCUT2D eigenvalue weighted by atomic mass is 16.7. The maximum Gasteiger partial charge on any atom is 0.338 e. The Balaban J connectivity index is 1.39. The second-order valence-electron chi connectivity index (χ2n) is 9.79. The minimum atomic E-state index is -1.28. The number of nitrogens with zero attached hydrogens (tertiary/aromatic N) is 4. The number of esters is 3. The van der Waals surface area contributed by atoms with E-state index in [0.717, 1.165) is 0 Å². The molecule has 13 heteroatoms. The van der Waals surface area contributed by atoms with E-state index < -0.39 is 42.4 Å². The minimum Gasteiger partial charge on any atom is -0.459 e. The van der Waals surface area contributed by atoms with E-state index in [1.165, 1.54) is 10.9 Å². The van der Waals surface area contributed by atoms with E-state index in [1.807, 2.05) is 0 Å². The lowest BCUT2D eigenvalue weighted by molar-refractivity contribution is -0.0654. The summed E-state index contributed by atoms with van der Waals surface area (Å²) in [5.41, 5.74) is 12.9. The van der Waals surface area contributed by atoms with Gasteiger partial charge in [-0.25, -0.2) is 19.1 Å². The molecule has 2 aromatic heterocycles. The molecule has 0 aliphatic carbocycles. The second-order valence-corrected chi connectivity index (χ2v) is 9.79. The molecule has 222 valence electrons. The maximum atomic E-state index is 13.3. The molecule has 0 bridgehead atoms. The molecule has 1 aliphatic rings. The number of fused-ring (bicyclic) bond motifs is 1. The predicted molar refractivity (Wildman–Crippen MR) is 156 cm³/mol. The lowest BCUT2D eigenvalue weighted by Crippen LogP contribution is -2.41. The molecule has 0 spiro atoms. The first-order valence-electron chi connectivity index (χ1n) is 13.5. The average molecular weight is 595 g/mol. The van der Waals surface area contributed by atoms with E-state index in [4.69, 9.17) is 30.4 Å². The number of rotatable bonds is 8. The normalized spacial score (nSPS) is 19.4. The van der Waals surface area contributed by atoms with Crippen molar-refractivity contribution in [3.63, 3.8) is 0 Å². The summed E-state index contributed by atoms with van der Waals surface area (Å²) in [6.07, 6.45) is -3.42. The molecular weight excluding hydrogens is 568 g/mol. The molecule has 13 nitrogen and oxygen atoms in total. The van der Waals surface area contributed by atoms with Gasteiger partial charge in [0.15, 0.2) is 24.1 Å². The number of benzene rings is 3. The summed E-state index contributed by atoms with van der Waals surface area (Å²) in [7, 11) is 0. The quantitative estimate of drug-likeness (QED) is 0.198. The van der Waals surface area contributed by atoms with E-state index in [1.54, 1.807) is 91.0 Å². The van der Waals surface area contributed by atoms with Gasteiger partial charge in [0.05, 0.1) is 28.3 Å². The van der Waals surface area contributed by atoms with Gasteiger partial charge in [-0.05, 0) is 36.4 Å². The highest BCUT2D eigenvalue weighted by Crippen LogP contribution is 2.37. The van der Waals surface area contributed by atoms with E-state index in [-0.39, 0.29) is 35.1 Å². The van der Waals surface area contributed by atoms with Crippen LogP contribution in [0.3, 0.4) is 0 Å². The number of nitrogens with two attached hydrogens (primary N) is 2. The summed E-state index contributed by atoms with van der Waals surface area (Å²) in [5.74, 6) is -2.08. The fraction of sp³-hybridized carbons (Fsp3) is 0.161. The highest BCUT2D eigenvalue weighted by molar-refractivity contribution is 5.91. The number of ether oxygens (including phenoxy) is 4. The van der Waals surface area contributed by atoms with Crippen LogP contribution in [0.5, 0.6) is 0 Å². The smallest absolute Gasteiger partial charge is 0.338 e. The SMILES string of the molecule is Nc1nc(N)c2cnn([C@@H]3O[C@H](COC(=O)c4ccccc4)[C@@H](OC(=O)c4ccccc4)[C@H]3OC(=O)c3ccccc3)c2n1. The first-order chi connectivity index (χ1) is 21.4. The molecule has 3 heterocycles. The van der Waals surface area contributed by atoms with Gasteiger partial charge in [0.2, 0.25) is 5.95 Å². The third-order valence-corrected chi connectivity index (χ3v) is 6.92. The average Bonchev–Trinajstić information content (AvgIpc) is 3.62. The Morgan fingerprint density at radius 2 is 1.25 bits per heavy atom. The monoisotopic (exact) mass is 594 g/mol. The first kappa shape index (κ1) is 28.3. The Kier molecular flexibility index (Phi) is 7.84. The lowest BCUT2D eigenvalue weighted by Gasteiger charge is -2.24. The molecule has 1 aliphatic heterocycles. The predicted octanol–water partition coefficient (Wildman–Crippen LogP) is 3.20. The number of nitrogen functional groups attached to an aromatic ring is 2. The fourth-order valence-electron chi connectivity index (χ4n) is 4.81. The Hall–Kier alpha value is -5.82. The summed E-state index contributed by atoms with van der Waals surface area (Å²) < 4.78 is 25.1. The van der Waals surface area contributed by atoms with Crippen molar-refractivity contribution in [2.24, 2.45) is 0 Å². The Morgan fingerprint density at radius 1 is 0.727 bits per heavy atom. The van der Waals surface area contributed by atoms with E-state index in [0.29, 0.717) is 10.9 Å². The molecule has 0 amide bonds. The topological polar surface area (TPSA) is 184 Å². The molecule has 5 aromatic rings. The second kappa shape index (κ2) is 12.2. The summed E-state index contributed by atoms with van der Waals surface area (Å²) in [6, 6.07) is 24.9. The number of carbonyl (C=O) groups excluding carboxylic acids is 3. The van der Waals surface area contributed by atoms with Crippen molar-refractivity contribution in [3.8, 4) is 0 Å². The summed E-state index contributed by atoms with van der Waals surface area (Å²) in [6.45, 7) is -0.352. The standard InChI is InChI=1S/C31H26N6O7/c32-25-21-16-34-37(26(21)36-31(33)35-25)27-24(44-30(40)20-14-8-3-9-15-20)23(43-29(39)19-12-6-2-7-13-19)22(42-27)17-41-28(38)18-10-4-1-5-11-18/h1-16,22-24,27H,17H2,(H4,32,33,35,36)/t22-,23-,24-,27-/m1/s1. The molecule has 4 atom stereocenters. The van der Waals surface area contributed by atoms with E-state index in [9.17, 15) is 14.4 Å². The van der Waals surface area contributed by atoms with Crippen molar-refractivity contribution in [2.75, 3.05) is 18.1 Å². The highest BCUT2D eigenvalue weighted by Gasteiger charge is 2.52. The summed E-state index contributed by atoms with van der Waals surface area (Å²) >= 11 is 0. The maximum absolute atomic E-state index is 13.3. The van der Waals surface area contributed by atoms with Gasteiger partial charge in [-0.15, -0.1) is 0 Å². The van der Waals surface area contributed by atoms with Gasteiger partial charge in [-0.2, -0.15) is 15.1 Å². The van der Waals surface area contributed by atoms with Crippen molar-refractivity contribution in [3.05, 3.63) is 114 Å². The Bertz CT molecular complexity index is 1800. The van der Waals surface area contributed by atoms with Crippen LogP contribution in [-0.4, -0.2) is 62.6 Å². The lowest BCUT2D eigenvalue weighted by atomic mass is 10.1. The molecule has 0 radical (unpaired) electrons. The van der Waals surface area contributed by atoms with Crippen LogP contribution in [-0.2, 0) is 18.9 Å². The zero-order chi connectivity index (χ0) is 30.6. The first-order valence-corrected chi connectivity index (χ1v) is 13.5. The van der Waals surface area contributed by atoms with Crippen LogP contribution in [0.1, 0.15) is 37.3 Å².